The second kappa shape index (κ2) is 7.55. The quantitative estimate of drug-likeness (QED) is 0.573. The van der Waals surface area contributed by atoms with Gasteiger partial charge in [0.25, 0.3) is 5.56 Å². The zero-order chi connectivity index (χ0) is 19.6. The molecule has 1 aromatic carbocycles. The number of hydrogen-bond donors (Lipinski definition) is 0. The molecular formula is C21H23F2N3O. The summed E-state index contributed by atoms with van der Waals surface area (Å²) in [4.78, 5) is 20.8. The molecule has 3 rings (SSSR count). The smallest absolute Gasteiger partial charge is 0.258 e. The van der Waals surface area contributed by atoms with Crippen LogP contribution in [0.5, 0.6) is 0 Å². The molecule has 0 radical (unpaired) electrons. The van der Waals surface area contributed by atoms with E-state index in [1.165, 1.54) is 32.3 Å². The molecule has 0 saturated carbocycles. The van der Waals surface area contributed by atoms with Gasteiger partial charge in [-0.05, 0) is 43.9 Å². The molecule has 0 N–H and O–H groups in total. The van der Waals surface area contributed by atoms with Crippen molar-refractivity contribution < 1.29 is 8.78 Å². The van der Waals surface area contributed by atoms with E-state index in [1.807, 2.05) is 0 Å². The first-order valence-corrected chi connectivity index (χ1v) is 9.15. The number of nitrogens with zero attached hydrogens (tertiary/aromatic N) is 3. The van der Waals surface area contributed by atoms with Crippen LogP contribution in [0.4, 0.5) is 8.78 Å². The van der Waals surface area contributed by atoms with Crippen molar-refractivity contribution in [1.82, 2.24) is 14.5 Å². The van der Waals surface area contributed by atoms with Crippen LogP contribution in [0.1, 0.15) is 45.6 Å². The molecule has 0 saturated heterocycles. The number of aromatic nitrogens is 3. The fraction of sp³-hybridized carbons (Fsp3) is 0.381. The maximum atomic E-state index is 14.7. The van der Waals surface area contributed by atoms with Gasteiger partial charge in [0.05, 0.1) is 10.9 Å². The molecule has 2 heterocycles. The minimum absolute atomic E-state index is 0.162. The molecule has 3 aromatic rings. The Kier molecular flexibility index (Phi) is 5.35. The van der Waals surface area contributed by atoms with Gasteiger partial charge in [-0.15, -0.1) is 0 Å². The van der Waals surface area contributed by atoms with E-state index < -0.39 is 11.5 Å². The Morgan fingerprint density at radius 1 is 1.15 bits per heavy atom. The Morgan fingerprint density at radius 2 is 1.85 bits per heavy atom. The highest BCUT2D eigenvalue weighted by molar-refractivity contribution is 5.85. The number of alkyl halides is 1. The number of benzene rings is 1. The first-order valence-electron chi connectivity index (χ1n) is 9.15. The van der Waals surface area contributed by atoms with Gasteiger partial charge in [-0.2, -0.15) is 0 Å². The van der Waals surface area contributed by atoms with Crippen molar-refractivity contribution in [3.8, 4) is 11.4 Å². The van der Waals surface area contributed by atoms with E-state index in [0.29, 0.717) is 22.9 Å². The van der Waals surface area contributed by atoms with Gasteiger partial charge in [0, 0.05) is 30.7 Å². The minimum atomic E-state index is -1.57. The standard InChI is InChI=1S/C21H23F2N3O/c1-4-5-6-8-26-9-7-14-10-17(18(22)11-16(14)20(26)27)19-24-12-15(13-25-19)21(2,3)23/h7,9-13H,4-6,8H2,1-3H3. The third-order valence-corrected chi connectivity index (χ3v) is 4.65. The van der Waals surface area contributed by atoms with E-state index in [9.17, 15) is 13.6 Å². The molecule has 0 aliphatic rings. The van der Waals surface area contributed by atoms with E-state index in [1.54, 1.807) is 22.9 Å². The number of fused-ring (bicyclic) bond motifs is 1. The van der Waals surface area contributed by atoms with Gasteiger partial charge in [-0.25, -0.2) is 18.7 Å². The number of hydrogen-bond acceptors (Lipinski definition) is 3. The van der Waals surface area contributed by atoms with Gasteiger partial charge in [-0.1, -0.05) is 19.8 Å². The van der Waals surface area contributed by atoms with Crippen molar-refractivity contribution in [3.05, 3.63) is 58.5 Å². The van der Waals surface area contributed by atoms with Crippen molar-refractivity contribution in [2.45, 2.75) is 52.2 Å². The second-order valence-electron chi connectivity index (χ2n) is 7.21. The van der Waals surface area contributed by atoms with E-state index in [2.05, 4.69) is 16.9 Å². The first-order chi connectivity index (χ1) is 12.8. The summed E-state index contributed by atoms with van der Waals surface area (Å²) < 4.78 is 30.2. The van der Waals surface area contributed by atoms with Gasteiger partial charge >= 0.3 is 0 Å². The number of unbranched alkanes of at least 4 members (excludes halogenated alkanes) is 2. The molecule has 0 amide bonds. The molecular weight excluding hydrogens is 348 g/mol. The summed E-state index contributed by atoms with van der Waals surface area (Å²) in [5.41, 5.74) is -1.26. The van der Waals surface area contributed by atoms with Crippen LogP contribution in [0.2, 0.25) is 0 Å². The lowest BCUT2D eigenvalue weighted by Crippen LogP contribution is -2.19. The van der Waals surface area contributed by atoms with Crippen LogP contribution >= 0.6 is 0 Å². The topological polar surface area (TPSA) is 47.8 Å². The molecule has 0 aliphatic carbocycles. The molecule has 0 bridgehead atoms. The van der Waals surface area contributed by atoms with Crippen LogP contribution in [-0.2, 0) is 12.2 Å². The van der Waals surface area contributed by atoms with E-state index in [-0.39, 0.29) is 16.9 Å². The molecule has 0 unspecified atom stereocenters. The maximum absolute atomic E-state index is 14.7. The summed E-state index contributed by atoms with van der Waals surface area (Å²) >= 11 is 0. The monoisotopic (exact) mass is 371 g/mol. The Balaban J connectivity index is 2.00. The Bertz CT molecular complexity index is 1000. The summed E-state index contributed by atoms with van der Waals surface area (Å²) in [7, 11) is 0. The summed E-state index contributed by atoms with van der Waals surface area (Å²) in [5, 5.41) is 0.957. The Hall–Kier alpha value is -2.63. The zero-order valence-corrected chi connectivity index (χ0v) is 15.8. The van der Waals surface area contributed by atoms with E-state index >= 15 is 0 Å². The lowest BCUT2D eigenvalue weighted by molar-refractivity contribution is 0.220. The number of rotatable bonds is 6. The van der Waals surface area contributed by atoms with Crippen LogP contribution in [-0.4, -0.2) is 14.5 Å². The molecule has 6 heteroatoms. The lowest BCUT2D eigenvalue weighted by Gasteiger charge is -2.14. The average Bonchev–Trinajstić information content (AvgIpc) is 2.63. The third-order valence-electron chi connectivity index (χ3n) is 4.65. The molecule has 0 atom stereocenters. The first kappa shape index (κ1) is 19.1. The largest absolute Gasteiger partial charge is 0.315 e. The molecule has 4 nitrogen and oxygen atoms in total. The highest BCUT2D eigenvalue weighted by Gasteiger charge is 2.20. The van der Waals surface area contributed by atoms with Crippen molar-refractivity contribution in [3.63, 3.8) is 0 Å². The van der Waals surface area contributed by atoms with Crippen molar-refractivity contribution >= 4 is 10.8 Å². The minimum Gasteiger partial charge on any atom is -0.315 e. The van der Waals surface area contributed by atoms with Gasteiger partial charge < -0.3 is 4.57 Å². The fourth-order valence-electron chi connectivity index (χ4n) is 2.96. The number of halogens is 2. The average molecular weight is 371 g/mol. The fourth-order valence-corrected chi connectivity index (χ4v) is 2.96. The van der Waals surface area contributed by atoms with Crippen LogP contribution in [0, 0.1) is 5.82 Å². The molecule has 0 aliphatic heterocycles. The third kappa shape index (κ3) is 4.04. The lowest BCUT2D eigenvalue weighted by atomic mass is 10.0. The van der Waals surface area contributed by atoms with Gasteiger partial charge in [0.2, 0.25) is 0 Å². The number of pyridine rings is 1. The molecule has 0 spiro atoms. The van der Waals surface area contributed by atoms with Crippen molar-refractivity contribution in [2.75, 3.05) is 0 Å². The van der Waals surface area contributed by atoms with Crippen molar-refractivity contribution in [2.24, 2.45) is 0 Å². The van der Waals surface area contributed by atoms with Gasteiger partial charge in [0.1, 0.15) is 11.5 Å². The zero-order valence-electron chi connectivity index (χ0n) is 15.8. The van der Waals surface area contributed by atoms with Gasteiger partial charge in [-0.3, -0.25) is 4.79 Å². The van der Waals surface area contributed by atoms with Crippen LogP contribution in [0.15, 0.2) is 41.6 Å². The van der Waals surface area contributed by atoms with Crippen LogP contribution < -0.4 is 5.56 Å². The Labute approximate surface area is 156 Å². The maximum Gasteiger partial charge on any atom is 0.258 e. The van der Waals surface area contributed by atoms with E-state index in [0.717, 1.165) is 19.3 Å². The Morgan fingerprint density at radius 3 is 2.48 bits per heavy atom. The van der Waals surface area contributed by atoms with Crippen LogP contribution in [0.3, 0.4) is 0 Å². The predicted molar refractivity (Wildman–Crippen MR) is 103 cm³/mol. The molecule has 27 heavy (non-hydrogen) atoms. The highest BCUT2D eigenvalue weighted by atomic mass is 19.1. The molecule has 2 aromatic heterocycles. The highest BCUT2D eigenvalue weighted by Crippen LogP contribution is 2.27. The summed E-state index contributed by atoms with van der Waals surface area (Å²) in [6, 6.07) is 4.60. The normalized spacial score (nSPS) is 11.9. The summed E-state index contributed by atoms with van der Waals surface area (Å²) in [5.74, 6) is -0.410. The van der Waals surface area contributed by atoms with Gasteiger partial charge in [0.15, 0.2) is 5.82 Å². The second-order valence-corrected chi connectivity index (χ2v) is 7.21. The van der Waals surface area contributed by atoms with E-state index in [4.69, 9.17) is 0 Å². The molecule has 0 fully saturated rings. The van der Waals surface area contributed by atoms with Crippen LogP contribution in [0.25, 0.3) is 22.2 Å². The molecule has 142 valence electrons. The summed E-state index contributed by atoms with van der Waals surface area (Å²) in [6.07, 6.45) is 7.47. The van der Waals surface area contributed by atoms with Crippen molar-refractivity contribution in [1.29, 1.82) is 0 Å². The predicted octanol–water partition coefficient (Wildman–Crippen LogP) is 4.99. The number of aryl methyl sites for hydroxylation is 1. The summed E-state index contributed by atoms with van der Waals surface area (Å²) in [6.45, 7) is 5.54. The SMILES string of the molecule is CCCCCn1ccc2cc(-c3ncc(C(C)(C)F)cn3)c(F)cc2c1=O.